The van der Waals surface area contributed by atoms with E-state index in [1.165, 1.54) is 0 Å². The average molecular weight is 188 g/mol. The minimum atomic E-state index is -0.745. The zero-order chi connectivity index (χ0) is 8.57. The quantitative estimate of drug-likeness (QED) is 0.478. The van der Waals surface area contributed by atoms with E-state index in [-0.39, 0.29) is 47.9 Å². The van der Waals surface area contributed by atoms with Crippen molar-refractivity contribution >= 4 is 11.9 Å². The molecule has 0 aliphatic carbocycles. The van der Waals surface area contributed by atoms with E-state index in [4.69, 9.17) is 10.2 Å². The van der Waals surface area contributed by atoms with Crippen LogP contribution in [0.3, 0.4) is 0 Å². The van der Waals surface area contributed by atoms with E-state index in [0.717, 1.165) is 0 Å². The van der Waals surface area contributed by atoms with Crippen LogP contribution in [0, 0.1) is 0 Å². The molecule has 0 fully saturated rings. The Kier molecular flexibility index (Phi) is 32.3. The Morgan fingerprint density at radius 2 is 1.08 bits per heavy atom. The van der Waals surface area contributed by atoms with Gasteiger partial charge in [0, 0.05) is 12.8 Å². The van der Waals surface area contributed by atoms with Crippen molar-refractivity contribution in [2.75, 3.05) is 0 Å². The monoisotopic (exact) mass is 188 g/mol. The predicted octanol–water partition coefficient (Wildman–Crippen LogP) is -2.21. The SMILES string of the molecule is CCC(=O)O.CCC(=O)O.[Na+].[OH-]. The smallest absolute Gasteiger partial charge is 0.870 e. The van der Waals surface area contributed by atoms with Crippen LogP contribution in [-0.4, -0.2) is 27.6 Å². The molecule has 0 bridgehead atoms. The van der Waals surface area contributed by atoms with Crippen LogP contribution in [-0.2, 0) is 9.59 Å². The Morgan fingerprint density at radius 3 is 1.08 bits per heavy atom. The third-order valence-corrected chi connectivity index (χ3v) is 0.605. The first-order valence-electron chi connectivity index (χ1n) is 2.98. The third-order valence-electron chi connectivity index (χ3n) is 0.605. The van der Waals surface area contributed by atoms with Gasteiger partial charge in [-0.05, 0) is 0 Å². The van der Waals surface area contributed by atoms with Gasteiger partial charge in [0.05, 0.1) is 0 Å². The van der Waals surface area contributed by atoms with Gasteiger partial charge in [-0.2, -0.15) is 0 Å². The molecule has 0 aromatic heterocycles. The summed E-state index contributed by atoms with van der Waals surface area (Å²) in [4.78, 5) is 18.7. The first-order valence-corrected chi connectivity index (χ1v) is 2.98. The maximum atomic E-state index is 9.37. The summed E-state index contributed by atoms with van der Waals surface area (Å²) in [7, 11) is 0. The van der Waals surface area contributed by atoms with Gasteiger partial charge in [-0.1, -0.05) is 13.8 Å². The van der Waals surface area contributed by atoms with E-state index in [2.05, 4.69) is 0 Å². The number of hydrogen-bond donors (Lipinski definition) is 2. The zero-order valence-electron chi connectivity index (χ0n) is 7.57. The van der Waals surface area contributed by atoms with Gasteiger partial charge in [-0.15, -0.1) is 0 Å². The molecule has 3 N–H and O–H groups in total. The molecule has 0 amide bonds. The standard InChI is InChI=1S/2C3H6O2.Na.H2O/c2*1-2-3(4)5;;/h2*2H2,1H3,(H,4,5);;1H2/q;;+1;/p-1. The van der Waals surface area contributed by atoms with Crippen LogP contribution in [0.15, 0.2) is 0 Å². The van der Waals surface area contributed by atoms with E-state index < -0.39 is 11.9 Å². The fourth-order valence-corrected chi connectivity index (χ4v) is 0. The molecule has 12 heavy (non-hydrogen) atoms. The van der Waals surface area contributed by atoms with Crippen molar-refractivity contribution in [3.05, 3.63) is 0 Å². The zero-order valence-corrected chi connectivity index (χ0v) is 9.57. The van der Waals surface area contributed by atoms with Gasteiger partial charge in [0.1, 0.15) is 0 Å². The van der Waals surface area contributed by atoms with Gasteiger partial charge in [0.15, 0.2) is 0 Å². The van der Waals surface area contributed by atoms with Crippen LogP contribution in [0.5, 0.6) is 0 Å². The van der Waals surface area contributed by atoms with Crippen LogP contribution in [0.4, 0.5) is 0 Å². The summed E-state index contributed by atoms with van der Waals surface area (Å²) in [5.41, 5.74) is 0. The molecule has 0 saturated carbocycles. The molecule has 0 saturated heterocycles. The number of carbonyl (C=O) groups is 2. The molecule has 0 spiro atoms. The van der Waals surface area contributed by atoms with Crippen LogP contribution in [0.25, 0.3) is 0 Å². The van der Waals surface area contributed by atoms with Crippen molar-refractivity contribution < 1.29 is 54.8 Å². The number of hydrogen-bond acceptors (Lipinski definition) is 3. The average Bonchev–Trinajstić information content (AvgIpc) is 1.89. The number of rotatable bonds is 2. The van der Waals surface area contributed by atoms with E-state index >= 15 is 0 Å². The number of carboxylic acid groups (broad SMARTS) is 2. The second-order valence-corrected chi connectivity index (χ2v) is 1.49. The van der Waals surface area contributed by atoms with Crippen molar-refractivity contribution in [1.82, 2.24) is 0 Å². The molecule has 0 atom stereocenters. The van der Waals surface area contributed by atoms with E-state index in [9.17, 15) is 9.59 Å². The van der Waals surface area contributed by atoms with Gasteiger partial charge in [-0.25, -0.2) is 0 Å². The van der Waals surface area contributed by atoms with E-state index in [0.29, 0.717) is 0 Å². The maximum absolute atomic E-state index is 9.37. The second kappa shape index (κ2) is 17.1. The molecule has 6 heteroatoms. The molecule has 0 unspecified atom stereocenters. The fourth-order valence-electron chi connectivity index (χ4n) is 0. The molecule has 0 radical (unpaired) electrons. The number of aliphatic carboxylic acids is 2. The summed E-state index contributed by atoms with van der Waals surface area (Å²) in [5, 5.41) is 15.4. The molecule has 0 rings (SSSR count). The Hall–Kier alpha value is -0.100. The summed E-state index contributed by atoms with van der Waals surface area (Å²) in [5.74, 6) is -1.49. The van der Waals surface area contributed by atoms with Gasteiger partial charge in [0.2, 0.25) is 0 Å². The first-order chi connectivity index (χ1) is 4.54. The largest absolute Gasteiger partial charge is 1.00 e. The van der Waals surface area contributed by atoms with Crippen molar-refractivity contribution in [2.24, 2.45) is 0 Å². The molecule has 0 heterocycles. The van der Waals surface area contributed by atoms with E-state index in [1.807, 2.05) is 0 Å². The van der Waals surface area contributed by atoms with Gasteiger partial charge < -0.3 is 15.7 Å². The molecular weight excluding hydrogens is 175 g/mol. The number of carboxylic acids is 2. The Labute approximate surface area is 93.4 Å². The molecule has 0 aromatic carbocycles. The molecule has 0 aliphatic rings. The fraction of sp³-hybridized carbons (Fsp3) is 0.667. The van der Waals surface area contributed by atoms with Crippen molar-refractivity contribution in [2.45, 2.75) is 26.7 Å². The van der Waals surface area contributed by atoms with E-state index in [1.54, 1.807) is 13.8 Å². The predicted molar refractivity (Wildman–Crippen MR) is 37.8 cm³/mol. The Bertz CT molecular complexity index is 101. The van der Waals surface area contributed by atoms with Crippen LogP contribution in [0.1, 0.15) is 26.7 Å². The van der Waals surface area contributed by atoms with Gasteiger partial charge in [0.25, 0.3) is 0 Å². The maximum Gasteiger partial charge on any atom is 1.00 e. The van der Waals surface area contributed by atoms with Crippen molar-refractivity contribution in [1.29, 1.82) is 0 Å². The minimum absolute atomic E-state index is 0. The molecule has 68 valence electrons. The van der Waals surface area contributed by atoms with Gasteiger partial charge in [-0.3, -0.25) is 9.59 Å². The normalized spacial score (nSPS) is 6.17. The molecule has 0 aliphatic heterocycles. The summed E-state index contributed by atoms with van der Waals surface area (Å²) < 4.78 is 0. The van der Waals surface area contributed by atoms with Crippen LogP contribution in [0.2, 0.25) is 0 Å². The van der Waals surface area contributed by atoms with Crippen molar-refractivity contribution in [3.63, 3.8) is 0 Å². The van der Waals surface area contributed by atoms with Gasteiger partial charge >= 0.3 is 41.5 Å². The Morgan fingerprint density at radius 1 is 1.00 bits per heavy atom. The summed E-state index contributed by atoms with van der Waals surface area (Å²) in [6, 6.07) is 0. The molecule has 5 nitrogen and oxygen atoms in total. The minimum Gasteiger partial charge on any atom is -0.870 e. The molecular formula is C6H13NaO5. The summed E-state index contributed by atoms with van der Waals surface area (Å²) in [6.07, 6.45) is 0.444. The molecule has 0 aromatic rings. The van der Waals surface area contributed by atoms with Crippen molar-refractivity contribution in [3.8, 4) is 0 Å². The second-order valence-electron chi connectivity index (χ2n) is 1.49. The Balaban J connectivity index is -0.0000000457. The van der Waals surface area contributed by atoms with Crippen LogP contribution >= 0.6 is 0 Å². The summed E-state index contributed by atoms with van der Waals surface area (Å²) in [6.45, 7) is 3.20. The first kappa shape index (κ1) is 22.7. The van der Waals surface area contributed by atoms with Crippen LogP contribution < -0.4 is 29.6 Å². The topological polar surface area (TPSA) is 105 Å². The summed E-state index contributed by atoms with van der Waals surface area (Å²) >= 11 is 0. The third kappa shape index (κ3) is 51.6.